The molecule has 0 spiro atoms. The van der Waals surface area contributed by atoms with E-state index in [1.807, 2.05) is 60.7 Å². The van der Waals surface area contributed by atoms with Crippen LogP contribution in [0.3, 0.4) is 0 Å². The number of esters is 1. The highest BCUT2D eigenvalue weighted by Gasteiger charge is 2.56. The van der Waals surface area contributed by atoms with E-state index in [9.17, 15) is 19.2 Å². The molecule has 0 aliphatic carbocycles. The van der Waals surface area contributed by atoms with E-state index in [1.165, 1.54) is 16.7 Å². The predicted octanol–water partition coefficient (Wildman–Crippen LogP) is 4.72. The van der Waals surface area contributed by atoms with E-state index < -0.39 is 47.1 Å². The average molecular weight is 602 g/mol. The van der Waals surface area contributed by atoms with Crippen LogP contribution in [0.2, 0.25) is 0 Å². The first-order valence-corrected chi connectivity index (χ1v) is 15.1. The molecule has 5 rings (SSSR count). The van der Waals surface area contributed by atoms with Crippen molar-refractivity contribution in [3.63, 3.8) is 0 Å². The van der Waals surface area contributed by atoms with Gasteiger partial charge in [0, 0.05) is 18.7 Å². The van der Waals surface area contributed by atoms with Crippen molar-refractivity contribution in [1.82, 2.24) is 15.1 Å². The maximum Gasteiger partial charge on any atom is 0.408 e. The standard InChI is InChI=1S/C33H35N3O6S/c1-5-17-35-18-16-23(28(35)37)19-24-20-43-30-25(34-32(40)42-33(2,3)4)29(38)36(30)26(24)31(39)41-27(21-12-8-6-9-13-21)22-14-10-7-11-15-22/h5-15,19-20,25-27,30H,1,16-18H2,2-4H3,(H,34,40)/b23-19+/t25-,26-,30-/m1/s1. The quantitative estimate of drug-likeness (QED) is 0.202. The van der Waals surface area contributed by atoms with Gasteiger partial charge in [-0.05, 0) is 55.4 Å². The number of nitrogens with zero attached hydrogens (tertiary/aromatic N) is 2. The minimum Gasteiger partial charge on any atom is -0.451 e. The molecule has 0 bridgehead atoms. The SMILES string of the molecule is C=CCN1CC/C(=C\C2=CS[C@@H]3[C@H](NC(=O)OC(C)(C)C)C(=O)N3[C@H]2C(=O)OC(c2ccccc2)c2ccccc2)C1=O. The van der Waals surface area contributed by atoms with Crippen LogP contribution in [0.4, 0.5) is 4.79 Å². The molecule has 224 valence electrons. The second-order valence-corrected chi connectivity index (χ2v) is 12.5. The number of carbonyl (C=O) groups is 4. The maximum absolute atomic E-state index is 14.1. The molecule has 2 fully saturated rings. The molecule has 3 heterocycles. The zero-order valence-corrected chi connectivity index (χ0v) is 25.2. The molecule has 3 aliphatic heterocycles. The lowest BCUT2D eigenvalue weighted by molar-refractivity contribution is -0.164. The lowest BCUT2D eigenvalue weighted by Gasteiger charge is -2.51. The number of nitrogens with one attached hydrogen (secondary N) is 1. The molecule has 0 saturated carbocycles. The molecule has 2 aromatic rings. The molecular weight excluding hydrogens is 566 g/mol. The maximum atomic E-state index is 14.1. The number of fused-ring (bicyclic) bond motifs is 1. The van der Waals surface area contributed by atoms with Crippen LogP contribution >= 0.6 is 11.8 Å². The van der Waals surface area contributed by atoms with E-state index in [4.69, 9.17) is 9.47 Å². The summed E-state index contributed by atoms with van der Waals surface area (Å²) < 4.78 is 11.5. The van der Waals surface area contributed by atoms with E-state index in [1.54, 1.807) is 43.2 Å². The lowest BCUT2D eigenvalue weighted by atomic mass is 9.95. The van der Waals surface area contributed by atoms with E-state index in [-0.39, 0.29) is 5.91 Å². The number of ether oxygens (including phenoxy) is 2. The van der Waals surface area contributed by atoms with Crippen LogP contribution < -0.4 is 5.32 Å². The van der Waals surface area contributed by atoms with Crippen LogP contribution in [-0.4, -0.2) is 69.8 Å². The summed E-state index contributed by atoms with van der Waals surface area (Å²) >= 11 is 1.30. The number of benzene rings is 2. The molecule has 0 aromatic heterocycles. The minimum atomic E-state index is -1.11. The third-order valence-electron chi connectivity index (χ3n) is 7.25. The van der Waals surface area contributed by atoms with Gasteiger partial charge in [0.15, 0.2) is 12.1 Å². The smallest absolute Gasteiger partial charge is 0.408 e. The molecular formula is C33H35N3O6S. The zero-order chi connectivity index (χ0) is 30.7. The minimum absolute atomic E-state index is 0.133. The van der Waals surface area contributed by atoms with Crippen molar-refractivity contribution in [3.8, 4) is 0 Å². The number of hydrogen-bond acceptors (Lipinski definition) is 7. The van der Waals surface area contributed by atoms with Crippen LogP contribution in [0, 0.1) is 0 Å². The molecule has 3 atom stereocenters. The van der Waals surface area contributed by atoms with Crippen LogP contribution in [-0.2, 0) is 23.9 Å². The highest BCUT2D eigenvalue weighted by atomic mass is 32.2. The largest absolute Gasteiger partial charge is 0.451 e. The first-order valence-electron chi connectivity index (χ1n) is 14.2. The van der Waals surface area contributed by atoms with Crippen molar-refractivity contribution in [2.75, 3.05) is 13.1 Å². The molecule has 2 saturated heterocycles. The predicted molar refractivity (Wildman–Crippen MR) is 164 cm³/mol. The van der Waals surface area contributed by atoms with Gasteiger partial charge >= 0.3 is 12.1 Å². The Balaban J connectivity index is 1.46. The van der Waals surface area contributed by atoms with E-state index in [0.717, 1.165) is 11.1 Å². The summed E-state index contributed by atoms with van der Waals surface area (Å²) in [5.74, 6) is -1.20. The summed E-state index contributed by atoms with van der Waals surface area (Å²) in [6.07, 6.45) is 2.44. The summed E-state index contributed by atoms with van der Waals surface area (Å²) in [7, 11) is 0. The molecule has 0 unspecified atom stereocenters. The number of rotatable bonds is 8. The highest BCUT2D eigenvalue weighted by molar-refractivity contribution is 8.03. The highest BCUT2D eigenvalue weighted by Crippen LogP contribution is 2.42. The van der Waals surface area contributed by atoms with E-state index in [0.29, 0.717) is 30.7 Å². The number of carbonyl (C=O) groups excluding carboxylic acids is 4. The Morgan fingerprint density at radius 1 is 1.07 bits per heavy atom. The van der Waals surface area contributed by atoms with Crippen molar-refractivity contribution < 1.29 is 28.7 Å². The fourth-order valence-corrected chi connectivity index (χ4v) is 6.50. The van der Waals surface area contributed by atoms with Gasteiger partial charge in [-0.25, -0.2) is 9.59 Å². The van der Waals surface area contributed by atoms with Crippen LogP contribution in [0.1, 0.15) is 44.4 Å². The van der Waals surface area contributed by atoms with Crippen LogP contribution in [0.15, 0.2) is 95.9 Å². The Labute approximate surface area is 255 Å². The fraction of sp³-hybridized carbons (Fsp3) is 0.333. The Morgan fingerprint density at radius 3 is 2.28 bits per heavy atom. The Bertz CT molecular complexity index is 1430. The zero-order valence-electron chi connectivity index (χ0n) is 24.4. The van der Waals surface area contributed by atoms with Crippen LogP contribution in [0.5, 0.6) is 0 Å². The van der Waals surface area contributed by atoms with Gasteiger partial charge in [-0.1, -0.05) is 66.7 Å². The monoisotopic (exact) mass is 601 g/mol. The topological polar surface area (TPSA) is 105 Å². The molecule has 9 nitrogen and oxygen atoms in total. The number of alkyl carbamates (subject to hydrolysis) is 1. The van der Waals surface area contributed by atoms with Crippen molar-refractivity contribution in [1.29, 1.82) is 0 Å². The van der Waals surface area contributed by atoms with Gasteiger partial charge in [0.2, 0.25) is 11.8 Å². The van der Waals surface area contributed by atoms with Gasteiger partial charge in [0.1, 0.15) is 17.0 Å². The van der Waals surface area contributed by atoms with Crippen molar-refractivity contribution in [3.05, 3.63) is 107 Å². The van der Waals surface area contributed by atoms with Crippen molar-refractivity contribution in [2.24, 2.45) is 0 Å². The van der Waals surface area contributed by atoms with E-state index >= 15 is 0 Å². The van der Waals surface area contributed by atoms with Gasteiger partial charge in [0.25, 0.3) is 0 Å². The van der Waals surface area contributed by atoms with Gasteiger partial charge in [-0.2, -0.15) is 0 Å². The Hall–Kier alpha value is -4.31. The number of likely N-dealkylation sites (tertiary alicyclic amines) is 1. The Kier molecular flexibility index (Phi) is 8.77. The van der Waals surface area contributed by atoms with E-state index in [2.05, 4.69) is 11.9 Å². The van der Waals surface area contributed by atoms with Crippen molar-refractivity contribution in [2.45, 2.75) is 56.4 Å². The number of hydrogen-bond donors (Lipinski definition) is 1. The molecule has 3 aliphatic rings. The van der Waals surface area contributed by atoms with Crippen LogP contribution in [0.25, 0.3) is 0 Å². The van der Waals surface area contributed by atoms with Gasteiger partial charge < -0.3 is 24.6 Å². The summed E-state index contributed by atoms with van der Waals surface area (Å²) in [5.41, 5.74) is 1.85. The molecule has 1 N–H and O–H groups in total. The third-order valence-corrected chi connectivity index (χ3v) is 8.44. The second kappa shape index (κ2) is 12.5. The summed E-state index contributed by atoms with van der Waals surface area (Å²) in [4.78, 5) is 56.3. The summed E-state index contributed by atoms with van der Waals surface area (Å²) in [6.45, 7) is 9.91. The number of amides is 3. The molecule has 2 aromatic carbocycles. The molecule has 0 radical (unpaired) electrons. The van der Waals surface area contributed by atoms with Gasteiger partial charge in [-0.3, -0.25) is 9.59 Å². The third kappa shape index (κ3) is 6.54. The lowest BCUT2D eigenvalue weighted by Crippen LogP contribution is -2.74. The first kappa shape index (κ1) is 30.2. The normalized spacial score (nSPS) is 22.6. The number of β-lactam (4-membered cyclic amide) rings is 1. The summed E-state index contributed by atoms with van der Waals surface area (Å²) in [5, 5.41) is 3.87. The van der Waals surface area contributed by atoms with Gasteiger partial charge in [0.05, 0.1) is 0 Å². The second-order valence-electron chi connectivity index (χ2n) is 11.5. The average Bonchev–Trinajstić information content (AvgIpc) is 3.32. The molecule has 10 heteroatoms. The summed E-state index contributed by atoms with van der Waals surface area (Å²) in [6, 6.07) is 16.8. The molecule has 43 heavy (non-hydrogen) atoms. The molecule has 3 amide bonds. The Morgan fingerprint density at radius 2 is 1.70 bits per heavy atom. The first-order chi connectivity index (χ1) is 20.6. The fourth-order valence-electron chi connectivity index (χ4n) is 5.31. The van der Waals surface area contributed by atoms with Crippen molar-refractivity contribution >= 4 is 35.6 Å². The van der Waals surface area contributed by atoms with Gasteiger partial charge in [-0.15, -0.1) is 18.3 Å². The number of thioether (sulfide) groups is 1.